The molecule has 27 heavy (non-hydrogen) atoms. The van der Waals surface area contributed by atoms with E-state index in [2.05, 4.69) is 15.4 Å². The van der Waals surface area contributed by atoms with Crippen LogP contribution in [0.25, 0.3) is 0 Å². The zero-order valence-corrected chi connectivity index (χ0v) is 16.2. The van der Waals surface area contributed by atoms with E-state index in [0.717, 1.165) is 17.5 Å². The zero-order chi connectivity index (χ0) is 19.3. The molecule has 8 nitrogen and oxygen atoms in total. The quantitative estimate of drug-likeness (QED) is 0.728. The van der Waals surface area contributed by atoms with E-state index >= 15 is 0 Å². The highest BCUT2D eigenvalue weighted by atomic mass is 32.2. The van der Waals surface area contributed by atoms with Gasteiger partial charge in [0.1, 0.15) is 18.7 Å². The molecule has 1 N–H and O–H groups in total. The zero-order valence-electron chi connectivity index (χ0n) is 15.4. The highest BCUT2D eigenvalue weighted by molar-refractivity contribution is 7.89. The SMILES string of the molecule is CCCS(=O)(=O)N1CCCC1C(=O)NCc1ccc(Cn2cncn2)cc1. The van der Waals surface area contributed by atoms with Gasteiger partial charge >= 0.3 is 0 Å². The minimum atomic E-state index is -3.36. The average molecular weight is 391 g/mol. The Bertz CT molecular complexity index is 850. The summed E-state index contributed by atoms with van der Waals surface area (Å²) < 4.78 is 27.8. The van der Waals surface area contributed by atoms with Gasteiger partial charge in [0.05, 0.1) is 12.3 Å². The van der Waals surface area contributed by atoms with Crippen LogP contribution in [0.1, 0.15) is 37.3 Å². The molecule has 9 heteroatoms. The third kappa shape index (κ3) is 4.92. The van der Waals surface area contributed by atoms with Crippen LogP contribution in [0.3, 0.4) is 0 Å². The van der Waals surface area contributed by atoms with Gasteiger partial charge < -0.3 is 5.32 Å². The van der Waals surface area contributed by atoms with Gasteiger partial charge in [0, 0.05) is 13.1 Å². The number of benzene rings is 1. The number of carbonyl (C=O) groups excluding carboxylic acids is 1. The molecule has 0 aliphatic carbocycles. The summed E-state index contributed by atoms with van der Waals surface area (Å²) in [6.45, 7) is 3.27. The monoisotopic (exact) mass is 391 g/mol. The van der Waals surface area contributed by atoms with Crippen molar-refractivity contribution in [2.75, 3.05) is 12.3 Å². The lowest BCUT2D eigenvalue weighted by atomic mass is 10.1. The number of hydrogen-bond donors (Lipinski definition) is 1. The van der Waals surface area contributed by atoms with Crippen molar-refractivity contribution in [1.29, 1.82) is 0 Å². The number of rotatable bonds is 8. The molecule has 146 valence electrons. The van der Waals surface area contributed by atoms with Crippen LogP contribution in [0.4, 0.5) is 0 Å². The van der Waals surface area contributed by atoms with Gasteiger partial charge in [-0.1, -0.05) is 31.2 Å². The number of carbonyl (C=O) groups is 1. The van der Waals surface area contributed by atoms with Gasteiger partial charge in [-0.05, 0) is 30.4 Å². The van der Waals surface area contributed by atoms with Crippen molar-refractivity contribution in [2.45, 2.75) is 45.3 Å². The first kappa shape index (κ1) is 19.5. The highest BCUT2D eigenvalue weighted by Crippen LogP contribution is 2.22. The van der Waals surface area contributed by atoms with Gasteiger partial charge in [-0.3, -0.25) is 4.79 Å². The van der Waals surface area contributed by atoms with Crippen molar-refractivity contribution in [3.8, 4) is 0 Å². The standard InChI is InChI=1S/C18H25N5O3S/c1-2-10-27(25,26)23-9-3-4-17(23)18(24)20-11-15-5-7-16(8-6-15)12-22-14-19-13-21-22/h5-8,13-14,17H,2-4,9-12H2,1H3,(H,20,24). The molecular weight excluding hydrogens is 366 g/mol. The largest absolute Gasteiger partial charge is 0.351 e. The Hall–Kier alpha value is -2.26. The smallest absolute Gasteiger partial charge is 0.238 e. The predicted molar refractivity (Wildman–Crippen MR) is 101 cm³/mol. The number of aromatic nitrogens is 3. The van der Waals surface area contributed by atoms with E-state index in [4.69, 9.17) is 0 Å². The molecule has 2 aromatic rings. The third-order valence-corrected chi connectivity index (χ3v) is 6.70. The Labute approximate surface area is 159 Å². The lowest BCUT2D eigenvalue weighted by Gasteiger charge is -2.23. The molecule has 0 radical (unpaired) electrons. The Morgan fingerprint density at radius 2 is 2.00 bits per heavy atom. The fourth-order valence-electron chi connectivity index (χ4n) is 3.28. The van der Waals surface area contributed by atoms with Crippen LogP contribution < -0.4 is 5.32 Å². The number of hydrogen-bond acceptors (Lipinski definition) is 5. The molecule has 1 aliphatic rings. The molecule has 1 fully saturated rings. The minimum Gasteiger partial charge on any atom is -0.351 e. The number of amides is 1. The lowest BCUT2D eigenvalue weighted by Crippen LogP contribution is -2.46. The summed E-state index contributed by atoms with van der Waals surface area (Å²) >= 11 is 0. The second kappa shape index (κ2) is 8.62. The van der Waals surface area contributed by atoms with Gasteiger partial charge in [-0.2, -0.15) is 9.40 Å². The van der Waals surface area contributed by atoms with Crippen LogP contribution in [-0.4, -0.2) is 51.7 Å². The molecule has 1 unspecified atom stereocenters. The summed E-state index contributed by atoms with van der Waals surface area (Å²) in [5.41, 5.74) is 2.05. The molecule has 1 atom stereocenters. The fraction of sp³-hybridized carbons (Fsp3) is 0.500. The maximum absolute atomic E-state index is 12.5. The molecule has 1 aromatic carbocycles. The van der Waals surface area contributed by atoms with Gasteiger partial charge in [0.2, 0.25) is 15.9 Å². The van der Waals surface area contributed by atoms with Crippen LogP contribution in [0.2, 0.25) is 0 Å². The van der Waals surface area contributed by atoms with E-state index in [1.54, 1.807) is 11.0 Å². The normalized spacial score (nSPS) is 17.9. The van der Waals surface area contributed by atoms with E-state index in [1.807, 2.05) is 31.2 Å². The topological polar surface area (TPSA) is 97.2 Å². The molecule has 1 amide bonds. The van der Waals surface area contributed by atoms with Gasteiger partial charge in [0.25, 0.3) is 0 Å². The summed E-state index contributed by atoms with van der Waals surface area (Å²) in [7, 11) is -3.36. The number of nitrogens with zero attached hydrogens (tertiary/aromatic N) is 4. The van der Waals surface area contributed by atoms with E-state index in [0.29, 0.717) is 32.5 Å². The highest BCUT2D eigenvalue weighted by Gasteiger charge is 2.37. The fourth-order valence-corrected chi connectivity index (χ4v) is 5.03. The molecule has 1 saturated heterocycles. The Balaban J connectivity index is 1.55. The second-order valence-corrected chi connectivity index (χ2v) is 8.75. The van der Waals surface area contributed by atoms with Crippen molar-refractivity contribution in [3.63, 3.8) is 0 Å². The van der Waals surface area contributed by atoms with E-state index in [9.17, 15) is 13.2 Å². The van der Waals surface area contributed by atoms with Crippen molar-refractivity contribution in [1.82, 2.24) is 24.4 Å². The second-order valence-electron chi connectivity index (χ2n) is 6.71. The summed E-state index contributed by atoms with van der Waals surface area (Å²) in [5, 5.41) is 6.95. The van der Waals surface area contributed by atoms with Crippen LogP contribution in [0.5, 0.6) is 0 Å². The minimum absolute atomic E-state index is 0.0873. The first-order valence-electron chi connectivity index (χ1n) is 9.17. The maximum Gasteiger partial charge on any atom is 0.238 e. The molecule has 2 heterocycles. The van der Waals surface area contributed by atoms with E-state index in [-0.39, 0.29) is 11.7 Å². The Morgan fingerprint density at radius 3 is 2.67 bits per heavy atom. The summed E-state index contributed by atoms with van der Waals surface area (Å²) in [4.78, 5) is 16.4. The van der Waals surface area contributed by atoms with Crippen molar-refractivity contribution >= 4 is 15.9 Å². The maximum atomic E-state index is 12.5. The molecule has 1 aromatic heterocycles. The number of nitrogens with one attached hydrogen (secondary N) is 1. The van der Waals surface area contributed by atoms with Crippen LogP contribution in [-0.2, 0) is 27.9 Å². The molecule has 1 aliphatic heterocycles. The Kier molecular flexibility index (Phi) is 6.22. The summed E-state index contributed by atoms with van der Waals surface area (Å²) in [6, 6.07) is 7.28. The van der Waals surface area contributed by atoms with Crippen molar-refractivity contribution in [3.05, 3.63) is 48.0 Å². The lowest BCUT2D eigenvalue weighted by molar-refractivity contribution is -0.124. The average Bonchev–Trinajstić information content (AvgIpc) is 3.33. The molecule has 0 saturated carbocycles. The van der Waals surface area contributed by atoms with Crippen LogP contribution in [0, 0.1) is 0 Å². The summed E-state index contributed by atoms with van der Waals surface area (Å²) in [6.07, 6.45) is 5.00. The molecular formula is C18H25N5O3S. The van der Waals surface area contributed by atoms with Crippen LogP contribution >= 0.6 is 0 Å². The third-order valence-electron chi connectivity index (χ3n) is 4.63. The van der Waals surface area contributed by atoms with Gasteiger partial charge in [-0.25, -0.2) is 18.1 Å². The number of sulfonamides is 1. The summed E-state index contributed by atoms with van der Waals surface area (Å²) in [5.74, 6) is -0.136. The van der Waals surface area contributed by atoms with Gasteiger partial charge in [0.15, 0.2) is 0 Å². The first-order valence-corrected chi connectivity index (χ1v) is 10.8. The van der Waals surface area contributed by atoms with Crippen molar-refractivity contribution < 1.29 is 13.2 Å². The van der Waals surface area contributed by atoms with E-state index in [1.165, 1.54) is 10.6 Å². The molecule has 0 bridgehead atoms. The first-order chi connectivity index (χ1) is 13.0. The van der Waals surface area contributed by atoms with Crippen LogP contribution in [0.15, 0.2) is 36.9 Å². The molecule has 0 spiro atoms. The predicted octanol–water partition coefficient (Wildman–Crippen LogP) is 1.15. The molecule has 3 rings (SSSR count). The Morgan fingerprint density at radius 1 is 1.26 bits per heavy atom. The van der Waals surface area contributed by atoms with Crippen molar-refractivity contribution in [2.24, 2.45) is 0 Å². The van der Waals surface area contributed by atoms with Gasteiger partial charge in [-0.15, -0.1) is 0 Å². The van der Waals surface area contributed by atoms with E-state index < -0.39 is 16.1 Å².